The number of aliphatic hydroxyl groups excluding tert-OH is 2. The number of hydrogen-bond acceptors (Lipinski definition) is 4. The zero-order chi connectivity index (χ0) is 17.7. The molecule has 4 nitrogen and oxygen atoms in total. The summed E-state index contributed by atoms with van der Waals surface area (Å²) in [5.74, 6) is -0.0874. The number of aliphatic hydroxyl groups is 2. The zero-order valence-electron chi connectivity index (χ0n) is 15.3. The Kier molecular flexibility index (Phi) is 4.42. The first-order valence-corrected chi connectivity index (χ1v) is 9.05. The Morgan fingerprint density at radius 1 is 1.21 bits per heavy atom. The normalized spacial score (nSPS) is 38.7. The largest absolute Gasteiger partial charge is 0.458 e. The molecule has 3 rings (SSSR count). The van der Waals surface area contributed by atoms with Crippen molar-refractivity contribution < 1.29 is 19.7 Å². The van der Waals surface area contributed by atoms with Gasteiger partial charge in [0.05, 0.1) is 12.2 Å². The van der Waals surface area contributed by atoms with E-state index in [0.717, 1.165) is 24.8 Å². The van der Waals surface area contributed by atoms with Crippen LogP contribution in [0.3, 0.4) is 0 Å². The molecular formula is C20H30O4. The molecule has 0 saturated heterocycles. The summed E-state index contributed by atoms with van der Waals surface area (Å²) in [5.41, 5.74) is 3.38. The molecular weight excluding hydrogens is 304 g/mol. The van der Waals surface area contributed by atoms with E-state index in [1.54, 1.807) is 6.08 Å². The van der Waals surface area contributed by atoms with Crippen LogP contribution in [0.25, 0.3) is 0 Å². The van der Waals surface area contributed by atoms with E-state index in [1.165, 1.54) is 11.1 Å². The third kappa shape index (κ3) is 2.95. The molecule has 3 aliphatic rings. The van der Waals surface area contributed by atoms with Gasteiger partial charge in [0.1, 0.15) is 6.61 Å². The molecule has 0 bridgehead atoms. The van der Waals surface area contributed by atoms with Crippen molar-refractivity contribution in [3.8, 4) is 0 Å². The van der Waals surface area contributed by atoms with Crippen molar-refractivity contribution in [1.82, 2.24) is 0 Å². The highest BCUT2D eigenvalue weighted by Crippen LogP contribution is 2.60. The Hall–Kier alpha value is -1.13. The third-order valence-corrected chi connectivity index (χ3v) is 6.47. The average Bonchev–Trinajstić information content (AvgIpc) is 2.80. The standard InChI is InChI=1S/C20H30O4/c1-12-7-16(22)18-19(2,3)9-14(21)10-20(18,4)15(12)6-5-13-8-17(23)24-11-13/h8,14,16,18,21-22H,5-7,9-11H2,1-4H3/t14-,16-,18-,20+/m0/s1. The summed E-state index contributed by atoms with van der Waals surface area (Å²) in [7, 11) is 0. The molecule has 4 atom stereocenters. The zero-order valence-corrected chi connectivity index (χ0v) is 15.3. The van der Waals surface area contributed by atoms with Crippen LogP contribution in [-0.2, 0) is 9.53 Å². The minimum Gasteiger partial charge on any atom is -0.458 e. The number of carbonyl (C=O) groups is 1. The van der Waals surface area contributed by atoms with Crippen LogP contribution in [0, 0.1) is 16.7 Å². The van der Waals surface area contributed by atoms with Crippen LogP contribution >= 0.6 is 0 Å². The summed E-state index contributed by atoms with van der Waals surface area (Å²) in [6.45, 7) is 9.08. The fraction of sp³-hybridized carbons (Fsp3) is 0.750. The van der Waals surface area contributed by atoms with Crippen molar-refractivity contribution in [3.63, 3.8) is 0 Å². The molecule has 134 valence electrons. The molecule has 2 aliphatic carbocycles. The second-order valence-electron chi connectivity index (χ2n) is 8.89. The van der Waals surface area contributed by atoms with Gasteiger partial charge in [-0.1, -0.05) is 31.9 Å². The van der Waals surface area contributed by atoms with Gasteiger partial charge in [-0.3, -0.25) is 0 Å². The van der Waals surface area contributed by atoms with E-state index >= 15 is 0 Å². The van der Waals surface area contributed by atoms with Crippen molar-refractivity contribution in [2.75, 3.05) is 6.61 Å². The highest BCUT2D eigenvalue weighted by Gasteiger charge is 2.55. The molecule has 0 aromatic heterocycles. The number of esters is 1. The predicted octanol–water partition coefficient (Wildman–Crippen LogP) is 3.13. The van der Waals surface area contributed by atoms with Crippen LogP contribution in [0.1, 0.15) is 59.8 Å². The number of hydrogen-bond donors (Lipinski definition) is 2. The van der Waals surface area contributed by atoms with E-state index in [4.69, 9.17) is 4.74 Å². The van der Waals surface area contributed by atoms with Gasteiger partial charge in [0.15, 0.2) is 0 Å². The maximum Gasteiger partial charge on any atom is 0.331 e. The Morgan fingerprint density at radius 3 is 2.54 bits per heavy atom. The molecule has 0 aromatic carbocycles. The van der Waals surface area contributed by atoms with Crippen molar-refractivity contribution in [3.05, 3.63) is 22.8 Å². The van der Waals surface area contributed by atoms with E-state index in [2.05, 4.69) is 27.7 Å². The smallest absolute Gasteiger partial charge is 0.331 e. The summed E-state index contributed by atoms with van der Waals surface area (Å²) < 4.78 is 5.00. The maximum absolute atomic E-state index is 11.3. The van der Waals surface area contributed by atoms with E-state index in [9.17, 15) is 15.0 Å². The van der Waals surface area contributed by atoms with Gasteiger partial charge in [-0.15, -0.1) is 0 Å². The number of rotatable bonds is 3. The first kappa shape index (κ1) is 17.7. The molecule has 1 fully saturated rings. The second-order valence-corrected chi connectivity index (χ2v) is 8.89. The van der Waals surface area contributed by atoms with Crippen LogP contribution in [0.5, 0.6) is 0 Å². The summed E-state index contributed by atoms with van der Waals surface area (Å²) >= 11 is 0. The molecule has 1 saturated carbocycles. The van der Waals surface area contributed by atoms with E-state index in [-0.39, 0.29) is 34.9 Å². The Balaban J connectivity index is 1.90. The number of ether oxygens (including phenoxy) is 1. The Bertz CT molecular complexity index is 601. The SMILES string of the molecule is CC1=C(CCC2=CC(=O)OC2)[C@@]2(C)C[C@@H](O)CC(C)(C)[C@@H]2[C@@H](O)C1. The molecule has 0 unspecified atom stereocenters. The van der Waals surface area contributed by atoms with Crippen LogP contribution in [0.2, 0.25) is 0 Å². The summed E-state index contributed by atoms with van der Waals surface area (Å²) in [5, 5.41) is 21.3. The lowest BCUT2D eigenvalue weighted by Gasteiger charge is -2.58. The maximum atomic E-state index is 11.3. The number of fused-ring (bicyclic) bond motifs is 1. The molecule has 0 amide bonds. The number of cyclic esters (lactones) is 1. The Labute approximate surface area is 144 Å². The van der Waals surface area contributed by atoms with Crippen molar-refractivity contribution in [1.29, 1.82) is 0 Å². The third-order valence-electron chi connectivity index (χ3n) is 6.47. The van der Waals surface area contributed by atoms with Crippen LogP contribution < -0.4 is 0 Å². The fourth-order valence-electron chi connectivity index (χ4n) is 5.93. The van der Waals surface area contributed by atoms with Gasteiger partial charge in [-0.25, -0.2) is 4.79 Å². The molecule has 0 spiro atoms. The van der Waals surface area contributed by atoms with Gasteiger partial charge in [-0.2, -0.15) is 0 Å². The monoisotopic (exact) mass is 334 g/mol. The van der Waals surface area contributed by atoms with E-state index < -0.39 is 0 Å². The lowest BCUT2D eigenvalue weighted by Crippen LogP contribution is -2.55. The Morgan fingerprint density at radius 2 is 1.92 bits per heavy atom. The van der Waals surface area contributed by atoms with Gasteiger partial charge in [-0.05, 0) is 61.3 Å². The van der Waals surface area contributed by atoms with Crippen molar-refractivity contribution in [2.45, 2.75) is 72.0 Å². The van der Waals surface area contributed by atoms with Gasteiger partial charge in [0.25, 0.3) is 0 Å². The topological polar surface area (TPSA) is 66.8 Å². The lowest BCUT2D eigenvalue weighted by molar-refractivity contribution is -0.135. The summed E-state index contributed by atoms with van der Waals surface area (Å²) in [6, 6.07) is 0. The highest BCUT2D eigenvalue weighted by atomic mass is 16.5. The van der Waals surface area contributed by atoms with E-state index in [0.29, 0.717) is 19.4 Å². The average molecular weight is 334 g/mol. The molecule has 0 aromatic rings. The first-order chi connectivity index (χ1) is 11.1. The summed E-state index contributed by atoms with van der Waals surface area (Å²) in [6.07, 6.45) is 4.77. The quantitative estimate of drug-likeness (QED) is 0.615. The van der Waals surface area contributed by atoms with Crippen LogP contribution in [0.4, 0.5) is 0 Å². The van der Waals surface area contributed by atoms with E-state index in [1.807, 2.05) is 0 Å². The number of allylic oxidation sites excluding steroid dienone is 1. The molecule has 4 heteroatoms. The molecule has 1 aliphatic heterocycles. The molecule has 1 heterocycles. The fourth-order valence-corrected chi connectivity index (χ4v) is 5.93. The summed E-state index contributed by atoms with van der Waals surface area (Å²) in [4.78, 5) is 11.3. The molecule has 2 N–H and O–H groups in total. The van der Waals surface area contributed by atoms with Gasteiger partial charge in [0.2, 0.25) is 0 Å². The van der Waals surface area contributed by atoms with Crippen molar-refractivity contribution >= 4 is 5.97 Å². The minimum absolute atomic E-state index is 0.0938. The van der Waals surface area contributed by atoms with Crippen molar-refractivity contribution in [2.24, 2.45) is 16.7 Å². The number of carbonyl (C=O) groups excluding carboxylic acids is 1. The van der Waals surface area contributed by atoms with Crippen LogP contribution in [-0.4, -0.2) is 35.0 Å². The molecule has 24 heavy (non-hydrogen) atoms. The highest BCUT2D eigenvalue weighted by molar-refractivity contribution is 5.85. The predicted molar refractivity (Wildman–Crippen MR) is 92.2 cm³/mol. The van der Waals surface area contributed by atoms with Gasteiger partial charge >= 0.3 is 5.97 Å². The minimum atomic E-state index is -0.350. The van der Waals surface area contributed by atoms with Gasteiger partial charge in [0, 0.05) is 6.08 Å². The lowest BCUT2D eigenvalue weighted by atomic mass is 9.48. The molecule has 0 radical (unpaired) electrons. The first-order valence-electron chi connectivity index (χ1n) is 9.05. The second kappa shape index (κ2) is 5.99. The van der Waals surface area contributed by atoms with Gasteiger partial charge < -0.3 is 14.9 Å². The van der Waals surface area contributed by atoms with Crippen LogP contribution in [0.15, 0.2) is 22.8 Å².